The van der Waals surface area contributed by atoms with Crippen LogP contribution in [0.5, 0.6) is 0 Å². The maximum Gasteiger partial charge on any atom is 0.416 e. The number of anilines is 1. The van der Waals surface area contributed by atoms with E-state index in [4.69, 9.17) is 0 Å². The van der Waals surface area contributed by atoms with Crippen LogP contribution in [0.3, 0.4) is 0 Å². The molecule has 1 aromatic heterocycles. The molecule has 7 nitrogen and oxygen atoms in total. The summed E-state index contributed by atoms with van der Waals surface area (Å²) in [5, 5.41) is 2.83. The van der Waals surface area contributed by atoms with Crippen LogP contribution in [0.15, 0.2) is 102 Å². The van der Waals surface area contributed by atoms with Crippen molar-refractivity contribution in [2.75, 3.05) is 5.32 Å². The number of sulfonamides is 1. The fourth-order valence-electron chi connectivity index (χ4n) is 4.89. The zero-order valence-electron chi connectivity index (χ0n) is 26.0. The van der Waals surface area contributed by atoms with E-state index < -0.39 is 50.9 Å². The van der Waals surface area contributed by atoms with Crippen molar-refractivity contribution in [2.45, 2.75) is 43.4 Å². The Bertz CT molecular complexity index is 2160. The third kappa shape index (κ3) is 7.91. The highest BCUT2D eigenvalue weighted by atomic mass is 32.2. The van der Waals surface area contributed by atoms with Gasteiger partial charge in [-0.3, -0.25) is 9.59 Å². The number of nitrogens with zero attached hydrogens (tertiary/aromatic N) is 1. The van der Waals surface area contributed by atoms with Crippen molar-refractivity contribution >= 4 is 38.4 Å². The van der Waals surface area contributed by atoms with Crippen LogP contribution in [0.1, 0.15) is 58.2 Å². The van der Waals surface area contributed by atoms with Crippen LogP contribution >= 0.6 is 0 Å². The van der Waals surface area contributed by atoms with Crippen molar-refractivity contribution < 1.29 is 44.3 Å². The predicted molar refractivity (Wildman–Crippen MR) is 171 cm³/mol. The average molecular weight is 700 g/mol. The molecule has 0 saturated carbocycles. The molecule has 0 unspecified atom stereocenters. The second-order valence-electron chi connectivity index (χ2n) is 12.1. The number of carbonyl (C=O) groups is 2. The van der Waals surface area contributed by atoms with Crippen LogP contribution in [0.4, 0.5) is 32.0 Å². The Morgan fingerprint density at radius 1 is 0.653 bits per heavy atom. The Hall–Kier alpha value is -5.24. The van der Waals surface area contributed by atoms with Gasteiger partial charge in [-0.05, 0) is 77.7 Å². The Morgan fingerprint density at radius 3 is 1.84 bits per heavy atom. The van der Waals surface area contributed by atoms with Crippen molar-refractivity contribution in [3.05, 3.63) is 125 Å². The largest absolute Gasteiger partial charge is 0.416 e. The van der Waals surface area contributed by atoms with Gasteiger partial charge in [0, 0.05) is 22.1 Å². The number of hydrogen-bond acceptors (Lipinski definition) is 5. The first-order chi connectivity index (χ1) is 22.7. The third-order valence-electron chi connectivity index (χ3n) is 7.50. The zero-order chi connectivity index (χ0) is 35.9. The van der Waals surface area contributed by atoms with E-state index in [1.807, 2.05) is 25.5 Å². The third-order valence-corrected chi connectivity index (χ3v) is 8.89. The maximum absolute atomic E-state index is 13.4. The molecule has 14 heteroatoms. The normalized spacial score (nSPS) is 12.5. The van der Waals surface area contributed by atoms with E-state index in [1.165, 1.54) is 66.7 Å². The van der Waals surface area contributed by atoms with Crippen LogP contribution in [0.25, 0.3) is 22.2 Å². The first-order valence-electron chi connectivity index (χ1n) is 14.5. The molecule has 2 N–H and O–H groups in total. The highest BCUT2D eigenvalue weighted by molar-refractivity contribution is 7.90. The van der Waals surface area contributed by atoms with Crippen LogP contribution < -0.4 is 10.0 Å². The minimum atomic E-state index is -5.03. The smallest absolute Gasteiger partial charge is 0.321 e. The molecule has 49 heavy (non-hydrogen) atoms. The number of pyridine rings is 1. The monoisotopic (exact) mass is 699 g/mol. The number of amides is 2. The highest BCUT2D eigenvalue weighted by Gasteiger charge is 2.37. The highest BCUT2D eigenvalue weighted by Crippen LogP contribution is 2.38. The van der Waals surface area contributed by atoms with Crippen LogP contribution in [-0.2, 0) is 27.8 Å². The van der Waals surface area contributed by atoms with Gasteiger partial charge in [-0.15, -0.1) is 0 Å². The Labute approximate surface area is 277 Å². The van der Waals surface area contributed by atoms with Gasteiger partial charge in [0.05, 0.1) is 28.0 Å². The molecule has 2 amide bonds. The number of aromatic nitrogens is 1. The first-order valence-corrected chi connectivity index (χ1v) is 16.0. The van der Waals surface area contributed by atoms with E-state index in [0.29, 0.717) is 17.5 Å². The minimum Gasteiger partial charge on any atom is -0.321 e. The van der Waals surface area contributed by atoms with E-state index in [-0.39, 0.29) is 44.4 Å². The first kappa shape index (κ1) is 35.1. The van der Waals surface area contributed by atoms with Gasteiger partial charge < -0.3 is 5.32 Å². The number of para-hydroxylation sites is 1. The molecule has 5 aromatic rings. The van der Waals surface area contributed by atoms with Crippen molar-refractivity contribution in [3.63, 3.8) is 0 Å². The molecule has 0 atom stereocenters. The van der Waals surface area contributed by atoms with E-state index in [0.717, 1.165) is 5.56 Å². The van der Waals surface area contributed by atoms with E-state index in [1.54, 1.807) is 12.1 Å². The van der Waals surface area contributed by atoms with Gasteiger partial charge in [0.1, 0.15) is 4.90 Å². The number of carbonyl (C=O) groups excluding carboxylic acids is 2. The quantitative estimate of drug-likeness (QED) is 0.173. The summed E-state index contributed by atoms with van der Waals surface area (Å²) in [6.45, 7) is 5.97. The molecule has 254 valence electrons. The Morgan fingerprint density at radius 2 is 1.24 bits per heavy atom. The molecule has 0 fully saturated rings. The van der Waals surface area contributed by atoms with E-state index in [2.05, 4.69) is 10.3 Å². The second kappa shape index (κ2) is 12.7. The lowest BCUT2D eigenvalue weighted by Gasteiger charge is -2.19. The minimum absolute atomic E-state index is 0.0262. The lowest BCUT2D eigenvalue weighted by atomic mass is 9.87. The van der Waals surface area contributed by atoms with Crippen molar-refractivity contribution in [2.24, 2.45) is 0 Å². The fraction of sp³-hybridized carbons (Fsp3) is 0.171. The SMILES string of the molecule is CC(C)(C)c1ccc(C(=O)NS(=O)(=O)c2ccccc2NC(=O)c2ccc3nc(-c4cc(C(F)(F)F)cc(C(F)(F)F)c4)ccc3c2)cc1. The molecular formula is C35H27F6N3O4S. The maximum atomic E-state index is 13.4. The number of alkyl halides is 6. The number of nitrogens with one attached hydrogen (secondary N) is 2. The number of benzene rings is 4. The van der Waals surface area contributed by atoms with Crippen LogP contribution in [0, 0.1) is 0 Å². The lowest BCUT2D eigenvalue weighted by molar-refractivity contribution is -0.143. The number of rotatable bonds is 6. The summed E-state index contributed by atoms with van der Waals surface area (Å²) in [7, 11) is -4.46. The lowest BCUT2D eigenvalue weighted by Crippen LogP contribution is -2.31. The van der Waals surface area contributed by atoms with Crippen molar-refractivity contribution in [1.82, 2.24) is 9.71 Å². The number of halogens is 6. The summed E-state index contributed by atoms with van der Waals surface area (Å²) >= 11 is 0. The van der Waals surface area contributed by atoms with Gasteiger partial charge in [0.25, 0.3) is 21.8 Å². The van der Waals surface area contributed by atoms with Gasteiger partial charge in [0.15, 0.2) is 0 Å². The fourth-order valence-corrected chi connectivity index (χ4v) is 6.02. The summed E-state index contributed by atoms with van der Waals surface area (Å²) < 4.78 is 109. The van der Waals surface area contributed by atoms with Crippen LogP contribution in [-0.4, -0.2) is 25.2 Å². The molecule has 0 radical (unpaired) electrons. The van der Waals surface area contributed by atoms with Crippen LogP contribution in [0.2, 0.25) is 0 Å². The molecule has 0 aliphatic heterocycles. The Kier molecular flexibility index (Phi) is 9.06. The van der Waals surface area contributed by atoms with E-state index in [9.17, 15) is 44.3 Å². The van der Waals surface area contributed by atoms with Crippen molar-refractivity contribution in [3.8, 4) is 11.3 Å². The molecule has 0 aliphatic carbocycles. The number of hydrogen-bond donors (Lipinski definition) is 2. The van der Waals surface area contributed by atoms with Gasteiger partial charge in [-0.2, -0.15) is 26.3 Å². The van der Waals surface area contributed by atoms with Gasteiger partial charge in [-0.25, -0.2) is 18.1 Å². The summed E-state index contributed by atoms with van der Waals surface area (Å²) in [6, 6.07) is 19.7. The molecular weight excluding hydrogens is 672 g/mol. The summed E-state index contributed by atoms with van der Waals surface area (Å²) in [5.74, 6) is -1.62. The standard InChI is InChI=1S/C35H27F6N3O4S/c1-33(2,3)24-12-8-20(9-13-24)32(46)44-49(47,48)30-7-5-4-6-29(30)43-31(45)22-11-15-27-21(16-22)10-14-28(42-27)23-17-25(34(36,37)38)19-26(18-23)35(39,40)41/h4-19H,1-3H3,(H,43,45)(H,44,46). The topological polar surface area (TPSA) is 105 Å². The molecule has 0 saturated heterocycles. The summed E-state index contributed by atoms with van der Waals surface area (Å²) in [6.07, 6.45) is -10.1. The number of fused-ring (bicyclic) bond motifs is 1. The summed E-state index contributed by atoms with van der Waals surface area (Å²) in [4.78, 5) is 29.9. The molecule has 4 aromatic carbocycles. The molecule has 0 aliphatic rings. The van der Waals surface area contributed by atoms with Gasteiger partial charge in [-0.1, -0.05) is 51.1 Å². The molecule has 5 rings (SSSR count). The predicted octanol–water partition coefficient (Wildman–Crippen LogP) is 8.61. The second-order valence-corrected chi connectivity index (χ2v) is 13.8. The Balaban J connectivity index is 1.38. The summed E-state index contributed by atoms with van der Waals surface area (Å²) in [5.41, 5.74) is -2.58. The average Bonchev–Trinajstić information content (AvgIpc) is 3.03. The molecule has 1 heterocycles. The zero-order valence-corrected chi connectivity index (χ0v) is 26.8. The van der Waals surface area contributed by atoms with E-state index >= 15 is 0 Å². The molecule has 0 bridgehead atoms. The van der Waals surface area contributed by atoms with Gasteiger partial charge in [0.2, 0.25) is 0 Å². The molecule has 0 spiro atoms. The van der Waals surface area contributed by atoms with Gasteiger partial charge >= 0.3 is 12.4 Å². The van der Waals surface area contributed by atoms with Crippen molar-refractivity contribution in [1.29, 1.82) is 0 Å².